The molecule has 0 saturated carbocycles. The second-order valence-corrected chi connectivity index (χ2v) is 5.52. The zero-order valence-corrected chi connectivity index (χ0v) is 12.9. The zero-order chi connectivity index (χ0) is 16.5. The molecular weight excluding hydrogens is 360 g/mol. The van der Waals surface area contributed by atoms with E-state index in [1.165, 1.54) is 18.3 Å². The Morgan fingerprint density at radius 1 is 1.05 bits per heavy atom. The molecule has 8 heteroatoms. The number of halogens is 6. The highest BCUT2D eigenvalue weighted by Gasteiger charge is 2.34. The summed E-state index contributed by atoms with van der Waals surface area (Å²) >= 11 is 17.7. The molecule has 0 spiro atoms. The molecule has 0 atom stereocenters. The molecule has 2 aromatic rings. The quantitative estimate of drug-likeness (QED) is 0.631. The van der Waals surface area contributed by atoms with Crippen LogP contribution in [0.5, 0.6) is 0 Å². The number of pyridine rings is 1. The third kappa shape index (κ3) is 3.46. The number of benzene rings is 1. The van der Waals surface area contributed by atoms with E-state index in [2.05, 4.69) is 4.98 Å². The van der Waals surface area contributed by atoms with Crippen molar-refractivity contribution in [3.8, 4) is 17.2 Å². The van der Waals surface area contributed by atoms with Gasteiger partial charge in [-0.05, 0) is 18.2 Å². The van der Waals surface area contributed by atoms with Crippen molar-refractivity contribution in [1.82, 2.24) is 4.98 Å². The van der Waals surface area contributed by atoms with Crippen LogP contribution in [0.1, 0.15) is 11.3 Å². The SMILES string of the molecule is N#CCc1ncc(-c2cc(Cl)c(Cl)cc2Cl)cc1C(F)(F)F. The van der Waals surface area contributed by atoms with E-state index in [0.29, 0.717) is 0 Å². The first-order chi connectivity index (χ1) is 10.2. The van der Waals surface area contributed by atoms with E-state index in [1.54, 1.807) is 6.07 Å². The first-order valence-corrected chi connectivity index (χ1v) is 6.95. The van der Waals surface area contributed by atoms with Crippen LogP contribution in [0.25, 0.3) is 11.1 Å². The van der Waals surface area contributed by atoms with Crippen LogP contribution in [0.3, 0.4) is 0 Å². The molecule has 0 fully saturated rings. The summed E-state index contributed by atoms with van der Waals surface area (Å²) in [6.45, 7) is 0. The van der Waals surface area contributed by atoms with Crippen molar-refractivity contribution < 1.29 is 13.2 Å². The van der Waals surface area contributed by atoms with E-state index in [0.717, 1.165) is 6.07 Å². The van der Waals surface area contributed by atoms with Gasteiger partial charge in [-0.2, -0.15) is 18.4 Å². The van der Waals surface area contributed by atoms with Crippen molar-refractivity contribution in [3.05, 3.63) is 50.7 Å². The lowest BCUT2D eigenvalue weighted by atomic mass is 10.0. The fourth-order valence-corrected chi connectivity index (χ4v) is 2.50. The molecule has 0 unspecified atom stereocenters. The van der Waals surface area contributed by atoms with Crippen molar-refractivity contribution in [2.24, 2.45) is 0 Å². The fourth-order valence-electron chi connectivity index (χ4n) is 1.85. The summed E-state index contributed by atoms with van der Waals surface area (Å²) < 4.78 is 39.2. The van der Waals surface area contributed by atoms with Gasteiger partial charge in [-0.25, -0.2) is 0 Å². The first kappa shape index (κ1) is 16.9. The van der Waals surface area contributed by atoms with Crippen molar-refractivity contribution in [3.63, 3.8) is 0 Å². The molecule has 0 aliphatic heterocycles. The van der Waals surface area contributed by atoms with Crippen LogP contribution in [0.4, 0.5) is 13.2 Å². The van der Waals surface area contributed by atoms with E-state index < -0.39 is 18.2 Å². The molecular formula is C14H6Cl3F3N2. The first-order valence-electron chi connectivity index (χ1n) is 5.82. The summed E-state index contributed by atoms with van der Waals surface area (Å²) in [6.07, 6.45) is -3.85. The van der Waals surface area contributed by atoms with Gasteiger partial charge in [0.15, 0.2) is 0 Å². The van der Waals surface area contributed by atoms with Crippen LogP contribution in [-0.2, 0) is 12.6 Å². The van der Waals surface area contributed by atoms with E-state index >= 15 is 0 Å². The van der Waals surface area contributed by atoms with Crippen LogP contribution in [0.15, 0.2) is 24.4 Å². The molecule has 2 rings (SSSR count). The van der Waals surface area contributed by atoms with Gasteiger partial charge in [0, 0.05) is 17.3 Å². The van der Waals surface area contributed by atoms with Crippen LogP contribution >= 0.6 is 34.8 Å². The minimum Gasteiger partial charge on any atom is -0.259 e. The molecule has 22 heavy (non-hydrogen) atoms. The van der Waals surface area contributed by atoms with E-state index in [-0.39, 0.29) is 31.9 Å². The van der Waals surface area contributed by atoms with E-state index in [4.69, 9.17) is 40.1 Å². The summed E-state index contributed by atoms with van der Waals surface area (Å²) in [5.41, 5.74) is -0.904. The molecule has 0 aliphatic rings. The van der Waals surface area contributed by atoms with Crippen LogP contribution in [-0.4, -0.2) is 4.98 Å². The third-order valence-electron chi connectivity index (χ3n) is 2.84. The summed E-state index contributed by atoms with van der Waals surface area (Å²) in [6, 6.07) is 5.26. The number of nitriles is 1. The Morgan fingerprint density at radius 3 is 2.27 bits per heavy atom. The highest BCUT2D eigenvalue weighted by atomic mass is 35.5. The van der Waals surface area contributed by atoms with Crippen LogP contribution < -0.4 is 0 Å². The molecule has 1 aromatic carbocycles. The van der Waals surface area contributed by atoms with Crippen molar-refractivity contribution in [1.29, 1.82) is 5.26 Å². The highest BCUT2D eigenvalue weighted by Crippen LogP contribution is 2.38. The van der Waals surface area contributed by atoms with Gasteiger partial charge in [-0.15, -0.1) is 0 Å². The number of hydrogen-bond acceptors (Lipinski definition) is 2. The number of alkyl halides is 3. The van der Waals surface area contributed by atoms with Crippen LogP contribution in [0, 0.1) is 11.3 Å². The maximum absolute atomic E-state index is 13.1. The van der Waals surface area contributed by atoms with Gasteiger partial charge < -0.3 is 0 Å². The summed E-state index contributed by atoms with van der Waals surface area (Å²) in [5.74, 6) is 0. The van der Waals surface area contributed by atoms with Gasteiger partial charge in [0.05, 0.1) is 38.8 Å². The normalized spacial score (nSPS) is 11.3. The van der Waals surface area contributed by atoms with Gasteiger partial charge >= 0.3 is 6.18 Å². The molecule has 0 N–H and O–H groups in total. The standard InChI is InChI=1S/C14H6Cl3F3N2/c15-10-5-12(17)11(16)4-8(10)7-3-9(14(18,19)20)13(1-2-21)22-6-7/h3-6H,1H2. The molecule has 0 amide bonds. The molecule has 0 aliphatic carbocycles. The Hall–Kier alpha value is -1.48. The van der Waals surface area contributed by atoms with Gasteiger partial charge in [0.25, 0.3) is 0 Å². The van der Waals surface area contributed by atoms with Crippen molar-refractivity contribution >= 4 is 34.8 Å². The number of nitrogens with zero attached hydrogens (tertiary/aromatic N) is 2. The van der Waals surface area contributed by atoms with Gasteiger partial charge in [-0.1, -0.05) is 34.8 Å². The van der Waals surface area contributed by atoms with Gasteiger partial charge in [0.2, 0.25) is 0 Å². The molecule has 2 nitrogen and oxygen atoms in total. The minimum absolute atomic E-state index is 0.137. The number of hydrogen-bond donors (Lipinski definition) is 0. The monoisotopic (exact) mass is 364 g/mol. The molecule has 0 radical (unpaired) electrons. The van der Waals surface area contributed by atoms with Gasteiger partial charge in [0.1, 0.15) is 0 Å². The predicted molar refractivity (Wildman–Crippen MR) is 79.0 cm³/mol. The maximum Gasteiger partial charge on any atom is 0.418 e. The van der Waals surface area contributed by atoms with Crippen molar-refractivity contribution in [2.75, 3.05) is 0 Å². The Kier molecular flexibility index (Phi) is 4.86. The largest absolute Gasteiger partial charge is 0.418 e. The molecule has 0 bridgehead atoms. The average molecular weight is 366 g/mol. The Bertz CT molecular complexity index is 767. The minimum atomic E-state index is -4.63. The summed E-state index contributed by atoms with van der Waals surface area (Å²) in [7, 11) is 0. The lowest BCUT2D eigenvalue weighted by Gasteiger charge is -2.13. The Balaban J connectivity index is 2.64. The van der Waals surface area contributed by atoms with E-state index in [1.807, 2.05) is 0 Å². The Labute approximate surface area is 139 Å². The van der Waals surface area contributed by atoms with E-state index in [9.17, 15) is 13.2 Å². The second-order valence-electron chi connectivity index (χ2n) is 4.30. The Morgan fingerprint density at radius 2 is 1.68 bits per heavy atom. The molecule has 1 aromatic heterocycles. The molecule has 0 saturated heterocycles. The average Bonchev–Trinajstić information content (AvgIpc) is 2.42. The second kappa shape index (κ2) is 6.33. The zero-order valence-electron chi connectivity index (χ0n) is 10.7. The molecule has 114 valence electrons. The molecule has 1 heterocycles. The maximum atomic E-state index is 13.1. The van der Waals surface area contributed by atoms with Crippen LogP contribution in [0.2, 0.25) is 15.1 Å². The highest BCUT2D eigenvalue weighted by molar-refractivity contribution is 6.44. The smallest absolute Gasteiger partial charge is 0.259 e. The third-order valence-corrected chi connectivity index (χ3v) is 3.88. The lowest BCUT2D eigenvalue weighted by Crippen LogP contribution is -2.11. The van der Waals surface area contributed by atoms with Gasteiger partial charge in [-0.3, -0.25) is 4.98 Å². The number of rotatable bonds is 2. The topological polar surface area (TPSA) is 36.7 Å². The summed E-state index contributed by atoms with van der Waals surface area (Å²) in [5, 5.41) is 9.10. The van der Waals surface area contributed by atoms with Crippen molar-refractivity contribution in [2.45, 2.75) is 12.6 Å². The fraction of sp³-hybridized carbons (Fsp3) is 0.143. The number of aromatic nitrogens is 1. The summed E-state index contributed by atoms with van der Waals surface area (Å²) in [4.78, 5) is 3.73. The predicted octanol–water partition coefficient (Wildman–Crippen LogP) is 5.79. The lowest BCUT2D eigenvalue weighted by molar-refractivity contribution is -0.138.